The molecule has 0 aliphatic heterocycles. The van der Waals surface area contributed by atoms with Crippen LogP contribution in [0.15, 0.2) is 16.9 Å². The van der Waals surface area contributed by atoms with Gasteiger partial charge in [0.05, 0.1) is 0 Å². The first kappa shape index (κ1) is 18.7. The van der Waals surface area contributed by atoms with Crippen LogP contribution in [0.4, 0.5) is 10.6 Å². The summed E-state index contributed by atoms with van der Waals surface area (Å²) in [6.07, 6.45) is 13.0. The molecule has 2 N–H and O–H groups in total. The molecule has 2 aliphatic carbocycles. The van der Waals surface area contributed by atoms with Gasteiger partial charge < -0.3 is 20.1 Å². The fraction of sp³-hybridized carbons (Fsp3) is 0.737. The third-order valence-electron chi connectivity index (χ3n) is 5.46. The van der Waals surface area contributed by atoms with Crippen molar-refractivity contribution in [1.29, 1.82) is 0 Å². The monoisotopic (exact) mass is 362 g/mol. The highest BCUT2D eigenvalue weighted by molar-refractivity contribution is 5.93. The average Bonchev–Trinajstić information content (AvgIpc) is 3.16. The van der Waals surface area contributed by atoms with Crippen molar-refractivity contribution >= 4 is 17.8 Å². The molecule has 0 saturated heterocycles. The van der Waals surface area contributed by atoms with Crippen molar-refractivity contribution in [1.82, 2.24) is 15.4 Å². The van der Waals surface area contributed by atoms with Gasteiger partial charge in [-0.15, -0.1) is 0 Å². The van der Waals surface area contributed by atoms with E-state index in [-0.39, 0.29) is 24.5 Å². The van der Waals surface area contributed by atoms with Crippen LogP contribution in [0.5, 0.6) is 0 Å². The van der Waals surface area contributed by atoms with Crippen molar-refractivity contribution in [3.05, 3.63) is 12.3 Å². The minimum Gasteiger partial charge on any atom is -0.363 e. The lowest BCUT2D eigenvalue weighted by Crippen LogP contribution is -2.49. The van der Waals surface area contributed by atoms with E-state index in [0.717, 1.165) is 25.7 Å². The maximum atomic E-state index is 12.8. The molecule has 0 radical (unpaired) electrons. The highest BCUT2D eigenvalue weighted by Crippen LogP contribution is 2.25. The molecular weight excluding hydrogens is 332 g/mol. The Bertz CT molecular complexity index is 563. The van der Waals surface area contributed by atoms with Crippen LogP contribution >= 0.6 is 0 Å². The summed E-state index contributed by atoms with van der Waals surface area (Å²) in [6.45, 7) is 0.687. The van der Waals surface area contributed by atoms with E-state index >= 15 is 0 Å². The molecule has 3 rings (SSSR count). The van der Waals surface area contributed by atoms with Gasteiger partial charge in [0.2, 0.25) is 5.91 Å². The minimum atomic E-state index is -0.242. The quantitative estimate of drug-likeness (QED) is 0.810. The van der Waals surface area contributed by atoms with Crippen molar-refractivity contribution in [3.8, 4) is 0 Å². The van der Waals surface area contributed by atoms with Gasteiger partial charge in [0, 0.05) is 18.7 Å². The Hall–Kier alpha value is -2.05. The largest absolute Gasteiger partial charge is 0.363 e. The topological polar surface area (TPSA) is 87.5 Å². The summed E-state index contributed by atoms with van der Waals surface area (Å²) < 4.78 is 4.73. The summed E-state index contributed by atoms with van der Waals surface area (Å²) in [5.41, 5.74) is 0. The number of hydrogen-bond acceptors (Lipinski definition) is 4. The standard InChI is InChI=1S/C19H30N4O3/c24-18(21-17-11-12-26-22-17)14-23(13-15-7-3-1-4-8-15)19(25)20-16-9-5-2-6-10-16/h11-12,15-16H,1-10,13-14H2,(H,20,25)(H,21,22,24). The smallest absolute Gasteiger partial charge is 0.318 e. The number of carbonyl (C=O) groups is 2. The van der Waals surface area contributed by atoms with Crippen LogP contribution in [-0.2, 0) is 4.79 Å². The number of hydrogen-bond donors (Lipinski definition) is 2. The molecule has 0 atom stereocenters. The molecule has 144 valence electrons. The van der Waals surface area contributed by atoms with E-state index in [1.54, 1.807) is 11.0 Å². The number of aromatic nitrogens is 1. The highest BCUT2D eigenvalue weighted by Gasteiger charge is 2.25. The van der Waals surface area contributed by atoms with Gasteiger partial charge in [0.15, 0.2) is 5.82 Å². The zero-order valence-corrected chi connectivity index (χ0v) is 15.4. The zero-order chi connectivity index (χ0) is 18.2. The fourth-order valence-electron chi connectivity index (χ4n) is 4.05. The van der Waals surface area contributed by atoms with E-state index in [1.807, 2.05) is 0 Å². The van der Waals surface area contributed by atoms with E-state index in [0.29, 0.717) is 18.3 Å². The number of rotatable bonds is 6. The maximum absolute atomic E-state index is 12.8. The van der Waals surface area contributed by atoms with Crippen molar-refractivity contribution in [2.24, 2.45) is 5.92 Å². The van der Waals surface area contributed by atoms with Crippen molar-refractivity contribution < 1.29 is 14.1 Å². The number of amides is 3. The van der Waals surface area contributed by atoms with Crippen molar-refractivity contribution in [2.45, 2.75) is 70.3 Å². The second kappa shape index (κ2) is 9.59. The summed E-state index contributed by atoms with van der Waals surface area (Å²) in [4.78, 5) is 26.8. The molecule has 0 unspecified atom stereocenters. The van der Waals surface area contributed by atoms with Crippen LogP contribution in [-0.4, -0.2) is 41.1 Å². The molecule has 2 aliphatic rings. The van der Waals surface area contributed by atoms with Crippen LogP contribution in [0.2, 0.25) is 0 Å². The molecule has 1 aromatic rings. The van der Waals surface area contributed by atoms with Gasteiger partial charge >= 0.3 is 6.03 Å². The molecule has 3 amide bonds. The van der Waals surface area contributed by atoms with Gasteiger partial charge in [0.1, 0.15) is 12.8 Å². The van der Waals surface area contributed by atoms with E-state index in [4.69, 9.17) is 4.52 Å². The van der Waals surface area contributed by atoms with E-state index < -0.39 is 0 Å². The Morgan fingerprint density at radius 2 is 1.77 bits per heavy atom. The zero-order valence-electron chi connectivity index (χ0n) is 15.4. The Morgan fingerprint density at radius 3 is 2.42 bits per heavy atom. The second-order valence-corrected chi connectivity index (χ2v) is 7.60. The Balaban J connectivity index is 1.57. The normalized spacial score (nSPS) is 19.1. The molecular formula is C19H30N4O3. The lowest BCUT2D eigenvalue weighted by molar-refractivity contribution is -0.117. The van der Waals surface area contributed by atoms with Crippen LogP contribution in [0.1, 0.15) is 64.2 Å². The molecule has 26 heavy (non-hydrogen) atoms. The third-order valence-corrected chi connectivity index (χ3v) is 5.46. The summed E-state index contributed by atoms with van der Waals surface area (Å²) >= 11 is 0. The molecule has 1 heterocycles. The second-order valence-electron chi connectivity index (χ2n) is 7.60. The fourth-order valence-corrected chi connectivity index (χ4v) is 4.05. The lowest BCUT2D eigenvalue weighted by atomic mass is 9.89. The number of urea groups is 1. The predicted octanol–water partition coefficient (Wildman–Crippen LogP) is 3.54. The van der Waals surface area contributed by atoms with Crippen LogP contribution in [0.3, 0.4) is 0 Å². The molecule has 7 nitrogen and oxygen atoms in total. The third kappa shape index (κ3) is 5.75. The van der Waals surface area contributed by atoms with Gasteiger partial charge in [-0.05, 0) is 31.6 Å². The minimum absolute atomic E-state index is 0.0436. The van der Waals surface area contributed by atoms with Crippen LogP contribution < -0.4 is 10.6 Å². The van der Waals surface area contributed by atoms with Gasteiger partial charge in [-0.3, -0.25) is 4.79 Å². The Kier molecular flexibility index (Phi) is 6.91. The van der Waals surface area contributed by atoms with Gasteiger partial charge in [-0.2, -0.15) is 0 Å². The van der Waals surface area contributed by atoms with Gasteiger partial charge in [-0.1, -0.05) is 43.7 Å². The van der Waals surface area contributed by atoms with Crippen molar-refractivity contribution in [3.63, 3.8) is 0 Å². The first-order chi connectivity index (χ1) is 12.7. The summed E-state index contributed by atoms with van der Waals surface area (Å²) in [5.74, 6) is 0.620. The highest BCUT2D eigenvalue weighted by atomic mass is 16.5. The lowest BCUT2D eigenvalue weighted by Gasteiger charge is -2.31. The molecule has 7 heteroatoms. The number of carbonyl (C=O) groups excluding carboxylic acids is 2. The SMILES string of the molecule is O=C(CN(CC1CCCCC1)C(=O)NC1CCCCC1)Nc1ccon1. The van der Waals surface area contributed by atoms with Crippen molar-refractivity contribution in [2.75, 3.05) is 18.4 Å². The van der Waals surface area contributed by atoms with E-state index in [9.17, 15) is 9.59 Å². The summed E-state index contributed by atoms with van der Waals surface area (Å²) in [7, 11) is 0. The average molecular weight is 362 g/mol. The molecule has 0 bridgehead atoms. The Labute approximate surface area is 154 Å². The first-order valence-corrected chi connectivity index (χ1v) is 9.96. The first-order valence-electron chi connectivity index (χ1n) is 9.96. The van der Waals surface area contributed by atoms with E-state index in [1.165, 1.54) is 44.8 Å². The van der Waals surface area contributed by atoms with Crippen LogP contribution in [0, 0.1) is 5.92 Å². The Morgan fingerprint density at radius 1 is 1.08 bits per heavy atom. The predicted molar refractivity (Wildman–Crippen MR) is 98.7 cm³/mol. The molecule has 0 spiro atoms. The maximum Gasteiger partial charge on any atom is 0.318 e. The van der Waals surface area contributed by atoms with Gasteiger partial charge in [0.25, 0.3) is 0 Å². The van der Waals surface area contributed by atoms with Crippen LogP contribution in [0.25, 0.3) is 0 Å². The molecule has 2 saturated carbocycles. The van der Waals surface area contributed by atoms with E-state index in [2.05, 4.69) is 15.8 Å². The molecule has 1 aromatic heterocycles. The molecule has 2 fully saturated rings. The number of nitrogens with zero attached hydrogens (tertiary/aromatic N) is 2. The van der Waals surface area contributed by atoms with Gasteiger partial charge in [-0.25, -0.2) is 4.79 Å². The summed E-state index contributed by atoms with van der Waals surface area (Å²) in [5, 5.41) is 9.52. The number of anilines is 1. The molecule has 0 aromatic carbocycles. The number of nitrogens with one attached hydrogen (secondary N) is 2. The summed E-state index contributed by atoms with van der Waals surface area (Å²) in [6, 6.07) is 1.72.